The zero-order valence-electron chi connectivity index (χ0n) is 14.1. The van der Waals surface area contributed by atoms with Crippen LogP contribution in [-0.2, 0) is 0 Å². The van der Waals surface area contributed by atoms with E-state index < -0.39 is 0 Å². The maximum Gasteiger partial charge on any atom is 0.255 e. The third kappa shape index (κ3) is 4.03. The van der Waals surface area contributed by atoms with E-state index in [1.807, 2.05) is 6.92 Å². The summed E-state index contributed by atoms with van der Waals surface area (Å²) in [5.41, 5.74) is 2.80. The van der Waals surface area contributed by atoms with Crippen molar-refractivity contribution >= 4 is 5.91 Å². The lowest BCUT2D eigenvalue weighted by molar-refractivity contribution is 0.0932. The summed E-state index contributed by atoms with van der Waals surface area (Å²) in [6.45, 7) is 4.10. The van der Waals surface area contributed by atoms with Crippen LogP contribution in [-0.4, -0.2) is 20.1 Å². The average molecular weight is 313 g/mol. The molecule has 0 radical (unpaired) electrons. The van der Waals surface area contributed by atoms with Gasteiger partial charge in [0.05, 0.1) is 25.8 Å². The molecule has 1 N–H and O–H groups in total. The van der Waals surface area contributed by atoms with Gasteiger partial charge < -0.3 is 14.8 Å². The molecule has 2 aromatic carbocycles. The zero-order valence-corrected chi connectivity index (χ0v) is 14.1. The van der Waals surface area contributed by atoms with Gasteiger partial charge in [-0.25, -0.2) is 0 Å². The minimum Gasteiger partial charge on any atom is -0.497 e. The monoisotopic (exact) mass is 313 g/mol. The Morgan fingerprint density at radius 2 is 1.78 bits per heavy atom. The summed E-state index contributed by atoms with van der Waals surface area (Å²) in [7, 11) is 3.13. The van der Waals surface area contributed by atoms with Crippen molar-refractivity contribution in [1.82, 2.24) is 5.32 Å². The number of methoxy groups -OCH3 is 2. The van der Waals surface area contributed by atoms with Gasteiger partial charge in [-0.3, -0.25) is 4.79 Å². The Morgan fingerprint density at radius 1 is 1.09 bits per heavy atom. The maximum absolute atomic E-state index is 12.6. The van der Waals surface area contributed by atoms with E-state index in [9.17, 15) is 4.79 Å². The molecule has 0 saturated carbocycles. The minimum atomic E-state index is -0.156. The molecule has 0 aliphatic rings. The van der Waals surface area contributed by atoms with Crippen molar-refractivity contribution in [2.45, 2.75) is 26.3 Å². The van der Waals surface area contributed by atoms with Gasteiger partial charge >= 0.3 is 0 Å². The first-order chi connectivity index (χ1) is 11.1. The summed E-state index contributed by atoms with van der Waals surface area (Å²) in [6, 6.07) is 13.4. The standard InChI is InChI=1S/C19H23NO3/c1-5-17(14-8-6-13(2)7-9-14)20-19(21)16-11-10-15(22-3)12-18(16)23-4/h6-12,17H,5H2,1-4H3,(H,20,21)/t17-/m0/s1. The van der Waals surface area contributed by atoms with Crippen LogP contribution in [0.4, 0.5) is 0 Å². The molecule has 4 heteroatoms. The van der Waals surface area contributed by atoms with E-state index in [-0.39, 0.29) is 11.9 Å². The van der Waals surface area contributed by atoms with Crippen molar-refractivity contribution in [1.29, 1.82) is 0 Å². The molecule has 1 amide bonds. The van der Waals surface area contributed by atoms with Crippen LogP contribution in [0.25, 0.3) is 0 Å². The lowest BCUT2D eigenvalue weighted by Gasteiger charge is -2.19. The predicted octanol–water partition coefficient (Wildman–Crippen LogP) is 3.89. The molecule has 0 bridgehead atoms. The summed E-state index contributed by atoms with van der Waals surface area (Å²) < 4.78 is 10.5. The lowest BCUT2D eigenvalue weighted by atomic mass is 10.0. The SMILES string of the molecule is CC[C@H](NC(=O)c1ccc(OC)cc1OC)c1ccc(C)cc1. The highest BCUT2D eigenvalue weighted by atomic mass is 16.5. The van der Waals surface area contributed by atoms with Gasteiger partial charge in [0, 0.05) is 6.07 Å². The Bertz CT molecular complexity index is 665. The highest BCUT2D eigenvalue weighted by Crippen LogP contribution is 2.26. The molecular formula is C19H23NO3. The van der Waals surface area contributed by atoms with Gasteiger partial charge in [0.15, 0.2) is 0 Å². The number of hydrogen-bond acceptors (Lipinski definition) is 3. The number of aryl methyl sites for hydroxylation is 1. The molecule has 2 rings (SSSR count). The molecule has 0 aromatic heterocycles. The molecule has 0 spiro atoms. The van der Waals surface area contributed by atoms with Crippen molar-refractivity contribution in [2.24, 2.45) is 0 Å². The Kier molecular flexibility index (Phi) is 5.63. The van der Waals surface area contributed by atoms with Crippen molar-refractivity contribution in [3.8, 4) is 11.5 Å². The molecule has 23 heavy (non-hydrogen) atoms. The highest BCUT2D eigenvalue weighted by Gasteiger charge is 2.17. The smallest absolute Gasteiger partial charge is 0.255 e. The first-order valence-corrected chi connectivity index (χ1v) is 7.68. The summed E-state index contributed by atoms with van der Waals surface area (Å²) >= 11 is 0. The van der Waals surface area contributed by atoms with E-state index in [4.69, 9.17) is 9.47 Å². The van der Waals surface area contributed by atoms with Crippen LogP contribution in [0, 0.1) is 6.92 Å². The van der Waals surface area contributed by atoms with E-state index in [0.29, 0.717) is 17.1 Å². The molecule has 0 aliphatic heterocycles. The third-order valence-corrected chi connectivity index (χ3v) is 3.85. The zero-order chi connectivity index (χ0) is 16.8. The fourth-order valence-corrected chi connectivity index (χ4v) is 2.44. The van der Waals surface area contributed by atoms with Crippen molar-refractivity contribution in [3.63, 3.8) is 0 Å². The second-order valence-corrected chi connectivity index (χ2v) is 5.41. The quantitative estimate of drug-likeness (QED) is 0.880. The van der Waals surface area contributed by atoms with Gasteiger partial charge in [-0.1, -0.05) is 36.8 Å². The molecule has 2 aromatic rings. The predicted molar refractivity (Wildman–Crippen MR) is 91.2 cm³/mol. The Labute approximate surface area is 137 Å². The summed E-state index contributed by atoms with van der Waals surface area (Å²) in [5, 5.41) is 3.07. The van der Waals surface area contributed by atoms with E-state index in [1.165, 1.54) is 5.56 Å². The van der Waals surface area contributed by atoms with Gasteiger partial charge in [-0.15, -0.1) is 0 Å². The number of amides is 1. The van der Waals surface area contributed by atoms with Gasteiger partial charge in [-0.2, -0.15) is 0 Å². The molecule has 0 aliphatic carbocycles. The Balaban J connectivity index is 2.21. The average Bonchev–Trinajstić information content (AvgIpc) is 2.59. The first kappa shape index (κ1) is 16.9. The number of carbonyl (C=O) groups excluding carboxylic acids is 1. The van der Waals surface area contributed by atoms with Gasteiger partial charge in [0.25, 0.3) is 5.91 Å². The van der Waals surface area contributed by atoms with Crippen LogP contribution in [0.2, 0.25) is 0 Å². The molecular weight excluding hydrogens is 290 g/mol. The van der Waals surface area contributed by atoms with E-state index in [2.05, 4.69) is 36.5 Å². The van der Waals surface area contributed by atoms with E-state index in [0.717, 1.165) is 12.0 Å². The van der Waals surface area contributed by atoms with Crippen molar-refractivity contribution in [3.05, 3.63) is 59.2 Å². The van der Waals surface area contributed by atoms with E-state index >= 15 is 0 Å². The number of hydrogen-bond donors (Lipinski definition) is 1. The largest absolute Gasteiger partial charge is 0.497 e. The topological polar surface area (TPSA) is 47.6 Å². The number of ether oxygens (including phenoxy) is 2. The van der Waals surface area contributed by atoms with Crippen LogP contribution in [0.5, 0.6) is 11.5 Å². The number of benzene rings is 2. The second kappa shape index (κ2) is 7.68. The lowest BCUT2D eigenvalue weighted by Crippen LogP contribution is -2.28. The van der Waals surface area contributed by atoms with Crippen LogP contribution in [0.15, 0.2) is 42.5 Å². The number of carbonyl (C=O) groups is 1. The highest BCUT2D eigenvalue weighted by molar-refractivity contribution is 5.97. The van der Waals surface area contributed by atoms with Crippen molar-refractivity contribution < 1.29 is 14.3 Å². The fourth-order valence-electron chi connectivity index (χ4n) is 2.44. The maximum atomic E-state index is 12.6. The van der Waals surface area contributed by atoms with Crippen LogP contribution < -0.4 is 14.8 Å². The Morgan fingerprint density at radius 3 is 2.35 bits per heavy atom. The molecule has 0 heterocycles. The van der Waals surface area contributed by atoms with E-state index in [1.54, 1.807) is 32.4 Å². The Hall–Kier alpha value is -2.49. The molecule has 0 fully saturated rings. The molecule has 0 saturated heterocycles. The summed E-state index contributed by atoms with van der Waals surface area (Å²) in [5.74, 6) is 1.00. The molecule has 0 unspecified atom stereocenters. The molecule has 122 valence electrons. The third-order valence-electron chi connectivity index (χ3n) is 3.85. The number of rotatable bonds is 6. The van der Waals surface area contributed by atoms with Crippen molar-refractivity contribution in [2.75, 3.05) is 14.2 Å². The number of nitrogens with one attached hydrogen (secondary N) is 1. The van der Waals surface area contributed by atoms with Gasteiger partial charge in [0.1, 0.15) is 11.5 Å². The van der Waals surface area contributed by atoms with Crippen LogP contribution in [0.3, 0.4) is 0 Å². The fraction of sp³-hybridized carbons (Fsp3) is 0.316. The van der Waals surface area contributed by atoms with Gasteiger partial charge in [-0.05, 0) is 31.0 Å². The summed E-state index contributed by atoms with van der Waals surface area (Å²) in [4.78, 5) is 12.6. The normalized spacial score (nSPS) is 11.7. The molecule has 4 nitrogen and oxygen atoms in total. The summed E-state index contributed by atoms with van der Waals surface area (Å²) in [6.07, 6.45) is 0.813. The first-order valence-electron chi connectivity index (χ1n) is 7.68. The van der Waals surface area contributed by atoms with Crippen LogP contribution >= 0.6 is 0 Å². The minimum absolute atomic E-state index is 0.0325. The molecule has 1 atom stereocenters. The van der Waals surface area contributed by atoms with Crippen LogP contribution in [0.1, 0.15) is 40.9 Å². The second-order valence-electron chi connectivity index (χ2n) is 5.41. The van der Waals surface area contributed by atoms with Gasteiger partial charge in [0.2, 0.25) is 0 Å².